The lowest BCUT2D eigenvalue weighted by molar-refractivity contribution is -0.123. The molecule has 0 fully saturated rings. The number of hydrogen-bond acceptors (Lipinski definition) is 4. The Morgan fingerprint density at radius 2 is 1.96 bits per heavy atom. The van der Waals surface area contributed by atoms with Gasteiger partial charge in [-0.05, 0) is 51.1 Å². The first-order valence-electron chi connectivity index (χ1n) is 8.82. The molecule has 6 nitrogen and oxygen atoms in total. The molecule has 0 unspecified atom stereocenters. The van der Waals surface area contributed by atoms with Crippen molar-refractivity contribution in [3.8, 4) is 0 Å². The highest BCUT2D eigenvalue weighted by atomic mass is 19.1. The number of aromatic nitrogens is 1. The van der Waals surface area contributed by atoms with Crippen LogP contribution in [0.5, 0.6) is 0 Å². The zero-order valence-electron chi connectivity index (χ0n) is 15.9. The van der Waals surface area contributed by atoms with E-state index in [1.165, 1.54) is 25.1 Å². The van der Waals surface area contributed by atoms with E-state index in [0.717, 1.165) is 11.5 Å². The van der Waals surface area contributed by atoms with Crippen LogP contribution in [0.3, 0.4) is 0 Å². The van der Waals surface area contributed by atoms with Gasteiger partial charge >= 0.3 is 5.97 Å². The summed E-state index contributed by atoms with van der Waals surface area (Å²) in [6.45, 7) is 5.61. The number of hydrogen-bond donors (Lipinski definition) is 1. The number of carbonyl (C=O) groups excluding carboxylic acids is 2. The van der Waals surface area contributed by atoms with Crippen molar-refractivity contribution < 1.29 is 23.1 Å². The Morgan fingerprint density at radius 3 is 2.64 bits per heavy atom. The molecule has 2 aromatic heterocycles. The lowest BCUT2D eigenvalue weighted by Gasteiger charge is -2.14. The number of rotatable bonds is 6. The number of anilines is 1. The Morgan fingerprint density at radius 1 is 1.21 bits per heavy atom. The fourth-order valence-corrected chi connectivity index (χ4v) is 2.88. The number of esters is 1. The third kappa shape index (κ3) is 4.14. The molecule has 28 heavy (non-hydrogen) atoms. The quantitative estimate of drug-likeness (QED) is 0.650. The van der Waals surface area contributed by atoms with Crippen molar-refractivity contribution in [3.05, 3.63) is 77.3 Å². The standard InChI is InChI=1S/C21H21FN2O4/c1-13-11-17(14(2)24(13)12-16-7-6-10-27-16)21(26)28-15(3)20(25)23-19-9-5-4-8-18(19)22/h4-11,15H,12H2,1-3H3,(H,23,25)/t15-/m0/s1. The summed E-state index contributed by atoms with van der Waals surface area (Å²) in [5.74, 6) is -1.02. The van der Waals surface area contributed by atoms with Gasteiger partial charge in [-0.15, -0.1) is 0 Å². The van der Waals surface area contributed by atoms with Crippen molar-refractivity contribution in [2.24, 2.45) is 0 Å². The number of ether oxygens (including phenoxy) is 1. The largest absolute Gasteiger partial charge is 0.467 e. The van der Waals surface area contributed by atoms with Gasteiger partial charge in [-0.2, -0.15) is 0 Å². The second kappa shape index (κ2) is 8.12. The molecule has 1 amide bonds. The van der Waals surface area contributed by atoms with Crippen LogP contribution in [0.4, 0.5) is 10.1 Å². The van der Waals surface area contributed by atoms with Crippen molar-refractivity contribution in [1.29, 1.82) is 0 Å². The minimum Gasteiger partial charge on any atom is -0.467 e. The predicted molar refractivity (Wildman–Crippen MR) is 102 cm³/mol. The number of carbonyl (C=O) groups is 2. The summed E-state index contributed by atoms with van der Waals surface area (Å²) >= 11 is 0. The van der Waals surface area contributed by atoms with E-state index in [0.29, 0.717) is 17.8 Å². The molecule has 3 rings (SSSR count). The zero-order chi connectivity index (χ0) is 20.3. The highest BCUT2D eigenvalue weighted by Gasteiger charge is 2.23. The lowest BCUT2D eigenvalue weighted by Crippen LogP contribution is -2.30. The third-order valence-electron chi connectivity index (χ3n) is 4.47. The molecule has 0 radical (unpaired) electrons. The van der Waals surface area contributed by atoms with E-state index in [9.17, 15) is 14.0 Å². The van der Waals surface area contributed by atoms with Gasteiger partial charge in [0, 0.05) is 11.4 Å². The third-order valence-corrected chi connectivity index (χ3v) is 4.47. The van der Waals surface area contributed by atoms with Crippen molar-refractivity contribution >= 4 is 17.6 Å². The van der Waals surface area contributed by atoms with Gasteiger partial charge in [-0.25, -0.2) is 9.18 Å². The zero-order valence-corrected chi connectivity index (χ0v) is 15.9. The first-order valence-corrected chi connectivity index (χ1v) is 8.82. The van der Waals surface area contributed by atoms with Gasteiger partial charge in [0.2, 0.25) is 0 Å². The minimum atomic E-state index is -1.08. The van der Waals surface area contributed by atoms with Crippen molar-refractivity contribution in [2.75, 3.05) is 5.32 Å². The number of para-hydroxylation sites is 1. The van der Waals surface area contributed by atoms with Crippen LogP contribution in [-0.4, -0.2) is 22.5 Å². The maximum atomic E-state index is 13.7. The van der Waals surface area contributed by atoms with Crippen molar-refractivity contribution in [2.45, 2.75) is 33.4 Å². The van der Waals surface area contributed by atoms with Gasteiger partial charge in [0.15, 0.2) is 6.10 Å². The Kier molecular flexibility index (Phi) is 5.63. The molecule has 2 heterocycles. The highest BCUT2D eigenvalue weighted by molar-refractivity contribution is 5.97. The van der Waals surface area contributed by atoms with Gasteiger partial charge in [0.1, 0.15) is 11.6 Å². The van der Waals surface area contributed by atoms with E-state index in [2.05, 4.69) is 5.32 Å². The van der Waals surface area contributed by atoms with Crippen LogP contribution >= 0.6 is 0 Å². The van der Waals surface area contributed by atoms with Gasteiger partial charge in [0.25, 0.3) is 5.91 Å². The van der Waals surface area contributed by atoms with Crippen LogP contribution < -0.4 is 5.32 Å². The van der Waals surface area contributed by atoms with Crippen LogP contribution in [-0.2, 0) is 16.1 Å². The smallest absolute Gasteiger partial charge is 0.340 e. The van der Waals surface area contributed by atoms with E-state index >= 15 is 0 Å². The topological polar surface area (TPSA) is 73.5 Å². The molecule has 0 aliphatic heterocycles. The average Bonchev–Trinajstić information content (AvgIpc) is 3.27. The number of amides is 1. The van der Waals surface area contributed by atoms with Gasteiger partial charge < -0.3 is 19.0 Å². The molecule has 7 heteroatoms. The summed E-state index contributed by atoms with van der Waals surface area (Å²) in [7, 11) is 0. The number of aryl methyl sites for hydroxylation is 1. The molecule has 1 aromatic carbocycles. The molecular formula is C21H21FN2O4. The second-order valence-electron chi connectivity index (χ2n) is 6.47. The number of nitrogens with zero attached hydrogens (tertiary/aromatic N) is 1. The molecular weight excluding hydrogens is 363 g/mol. The fraction of sp³-hybridized carbons (Fsp3) is 0.238. The highest BCUT2D eigenvalue weighted by Crippen LogP contribution is 2.19. The monoisotopic (exact) mass is 384 g/mol. The molecule has 3 aromatic rings. The maximum Gasteiger partial charge on any atom is 0.340 e. The summed E-state index contributed by atoms with van der Waals surface area (Å²) in [4.78, 5) is 24.8. The summed E-state index contributed by atoms with van der Waals surface area (Å²) in [5, 5.41) is 2.42. The Labute approximate surface area is 161 Å². The van der Waals surface area contributed by atoms with Crippen LogP contribution in [0.1, 0.15) is 34.4 Å². The molecule has 146 valence electrons. The molecule has 0 aliphatic rings. The van der Waals surface area contributed by atoms with E-state index < -0.39 is 23.8 Å². The summed E-state index contributed by atoms with van der Waals surface area (Å²) in [6.07, 6.45) is 0.509. The lowest BCUT2D eigenvalue weighted by atomic mass is 10.2. The minimum absolute atomic E-state index is 0.0343. The molecule has 0 spiro atoms. The summed E-state index contributed by atoms with van der Waals surface area (Å²) < 4.78 is 26.2. The Bertz CT molecular complexity index is 992. The van der Waals surface area contributed by atoms with Crippen molar-refractivity contribution in [3.63, 3.8) is 0 Å². The Balaban J connectivity index is 1.69. The molecule has 1 N–H and O–H groups in total. The van der Waals surface area contributed by atoms with Crippen molar-refractivity contribution in [1.82, 2.24) is 4.57 Å². The van der Waals surface area contributed by atoms with E-state index in [1.807, 2.05) is 17.6 Å². The SMILES string of the molecule is Cc1cc(C(=O)O[C@@H](C)C(=O)Nc2ccccc2F)c(C)n1Cc1ccco1. The molecule has 0 saturated heterocycles. The molecule has 1 atom stereocenters. The fourth-order valence-electron chi connectivity index (χ4n) is 2.88. The summed E-state index contributed by atoms with van der Waals surface area (Å²) in [5.41, 5.74) is 1.98. The van der Waals surface area contributed by atoms with Gasteiger partial charge in [-0.1, -0.05) is 12.1 Å². The molecule has 0 bridgehead atoms. The van der Waals surface area contributed by atoms with Crippen LogP contribution in [0.15, 0.2) is 53.1 Å². The van der Waals surface area contributed by atoms with E-state index in [1.54, 1.807) is 31.4 Å². The Hall–Kier alpha value is -3.35. The number of halogens is 1. The number of benzene rings is 1. The average molecular weight is 384 g/mol. The molecule has 0 saturated carbocycles. The number of furan rings is 1. The predicted octanol–water partition coefficient (Wildman–Crippen LogP) is 4.07. The summed E-state index contributed by atoms with van der Waals surface area (Å²) in [6, 6.07) is 11.2. The molecule has 0 aliphatic carbocycles. The van der Waals surface area contributed by atoms with E-state index in [-0.39, 0.29) is 5.69 Å². The normalized spacial score (nSPS) is 11.9. The van der Waals surface area contributed by atoms with Gasteiger partial charge in [0.05, 0.1) is 24.1 Å². The first-order chi connectivity index (χ1) is 13.4. The van der Waals surface area contributed by atoms with Gasteiger partial charge in [-0.3, -0.25) is 4.79 Å². The van der Waals surface area contributed by atoms with Crippen LogP contribution in [0.25, 0.3) is 0 Å². The maximum absolute atomic E-state index is 13.7. The number of nitrogens with one attached hydrogen (secondary N) is 1. The van der Waals surface area contributed by atoms with E-state index in [4.69, 9.17) is 9.15 Å². The first kappa shape index (κ1) is 19.4. The van der Waals surface area contributed by atoms with Crippen LogP contribution in [0, 0.1) is 19.7 Å². The van der Waals surface area contributed by atoms with Crippen LogP contribution in [0.2, 0.25) is 0 Å². The second-order valence-corrected chi connectivity index (χ2v) is 6.47.